The van der Waals surface area contributed by atoms with E-state index in [0.29, 0.717) is 17.7 Å². The van der Waals surface area contributed by atoms with Gasteiger partial charge in [-0.1, -0.05) is 41.5 Å². The molecule has 1 aliphatic carbocycles. The number of carbonyl (C=O) groups excluding carboxylic acids is 1. The topological polar surface area (TPSA) is 29.1 Å². The third kappa shape index (κ3) is 2.00. The summed E-state index contributed by atoms with van der Waals surface area (Å²) < 4.78 is 0. The molecule has 0 aromatic carbocycles. The predicted molar refractivity (Wildman–Crippen MR) is 70.6 cm³/mol. The van der Waals surface area contributed by atoms with E-state index in [1.54, 1.807) is 0 Å². The maximum Gasteiger partial charge on any atom is 0.226 e. The van der Waals surface area contributed by atoms with Crippen LogP contribution in [0.15, 0.2) is 0 Å². The van der Waals surface area contributed by atoms with Gasteiger partial charge in [0.2, 0.25) is 5.91 Å². The van der Waals surface area contributed by atoms with Crippen LogP contribution in [0.1, 0.15) is 54.4 Å². The second kappa shape index (κ2) is 3.49. The lowest BCUT2D eigenvalue weighted by atomic mass is 9.57. The van der Waals surface area contributed by atoms with E-state index in [1.807, 2.05) is 0 Å². The van der Waals surface area contributed by atoms with Gasteiger partial charge in [0.25, 0.3) is 0 Å². The lowest BCUT2D eigenvalue weighted by molar-refractivity contribution is -0.139. The normalized spacial score (nSPS) is 32.5. The van der Waals surface area contributed by atoms with Crippen LogP contribution in [-0.2, 0) is 4.79 Å². The molecule has 1 aliphatic heterocycles. The third-order valence-corrected chi connectivity index (χ3v) is 4.77. The Morgan fingerprint density at radius 2 is 1.59 bits per heavy atom. The van der Waals surface area contributed by atoms with Crippen LogP contribution in [0.2, 0.25) is 0 Å². The second-order valence-corrected chi connectivity index (χ2v) is 8.18. The first-order valence-corrected chi connectivity index (χ1v) is 6.87. The molecule has 1 amide bonds. The molecule has 2 atom stereocenters. The van der Waals surface area contributed by atoms with Crippen molar-refractivity contribution >= 4 is 5.91 Å². The molecule has 17 heavy (non-hydrogen) atoms. The van der Waals surface area contributed by atoms with E-state index in [-0.39, 0.29) is 16.2 Å². The molecule has 0 aromatic heterocycles. The smallest absolute Gasteiger partial charge is 0.226 e. The zero-order valence-electron chi connectivity index (χ0n) is 12.2. The highest BCUT2D eigenvalue weighted by Gasteiger charge is 2.63. The Bertz CT molecular complexity index is 328. The van der Waals surface area contributed by atoms with Gasteiger partial charge in [-0.3, -0.25) is 4.79 Å². The van der Waals surface area contributed by atoms with Gasteiger partial charge in [-0.2, -0.15) is 0 Å². The molecule has 1 saturated carbocycles. The molecule has 2 unspecified atom stereocenters. The minimum absolute atomic E-state index is 0.0333. The minimum atomic E-state index is -0.0333. The summed E-state index contributed by atoms with van der Waals surface area (Å²) in [6.45, 7) is 14.7. The summed E-state index contributed by atoms with van der Waals surface area (Å²) in [4.78, 5) is 12.2. The van der Waals surface area contributed by atoms with E-state index in [9.17, 15) is 4.79 Å². The van der Waals surface area contributed by atoms with Gasteiger partial charge in [-0.15, -0.1) is 0 Å². The monoisotopic (exact) mass is 237 g/mol. The lowest BCUT2D eigenvalue weighted by Gasteiger charge is -2.50. The molecule has 2 fully saturated rings. The molecule has 1 spiro atoms. The molecule has 0 radical (unpaired) electrons. The van der Waals surface area contributed by atoms with Crippen molar-refractivity contribution in [2.75, 3.05) is 6.54 Å². The average Bonchev–Trinajstić information content (AvgIpc) is 2.87. The third-order valence-electron chi connectivity index (χ3n) is 4.77. The number of hydrogen-bond acceptors (Lipinski definition) is 1. The largest absolute Gasteiger partial charge is 0.355 e. The van der Waals surface area contributed by atoms with E-state index in [2.05, 4.69) is 46.9 Å². The van der Waals surface area contributed by atoms with E-state index in [1.165, 1.54) is 0 Å². The van der Waals surface area contributed by atoms with E-state index in [0.717, 1.165) is 19.4 Å². The van der Waals surface area contributed by atoms with Crippen LogP contribution >= 0.6 is 0 Å². The fourth-order valence-electron chi connectivity index (χ4n) is 3.93. The van der Waals surface area contributed by atoms with Crippen LogP contribution < -0.4 is 5.32 Å². The molecule has 98 valence electrons. The Hall–Kier alpha value is -0.530. The van der Waals surface area contributed by atoms with Gasteiger partial charge in [0.1, 0.15) is 0 Å². The van der Waals surface area contributed by atoms with Crippen molar-refractivity contribution in [1.82, 2.24) is 5.32 Å². The van der Waals surface area contributed by atoms with Gasteiger partial charge in [-0.05, 0) is 35.5 Å². The Labute approximate surface area is 106 Å². The van der Waals surface area contributed by atoms with Crippen LogP contribution in [0.25, 0.3) is 0 Å². The van der Waals surface area contributed by atoms with Gasteiger partial charge >= 0.3 is 0 Å². The molecule has 2 heteroatoms. The summed E-state index contributed by atoms with van der Waals surface area (Å²) in [7, 11) is 0. The van der Waals surface area contributed by atoms with Gasteiger partial charge < -0.3 is 5.32 Å². The number of piperidine rings is 1. The first-order valence-electron chi connectivity index (χ1n) is 6.87. The van der Waals surface area contributed by atoms with Crippen LogP contribution in [0.5, 0.6) is 0 Å². The summed E-state index contributed by atoms with van der Waals surface area (Å²) in [5.74, 6) is 1.42. The average molecular weight is 237 g/mol. The molecule has 0 bridgehead atoms. The molecule has 2 rings (SSSR count). The van der Waals surface area contributed by atoms with Crippen LogP contribution in [0, 0.1) is 28.1 Å². The number of nitrogens with one attached hydrogen (secondary N) is 1. The summed E-state index contributed by atoms with van der Waals surface area (Å²) in [6, 6.07) is 0. The highest BCUT2D eigenvalue weighted by atomic mass is 16.2. The Kier molecular flexibility index (Phi) is 2.65. The zero-order valence-corrected chi connectivity index (χ0v) is 12.2. The van der Waals surface area contributed by atoms with Crippen molar-refractivity contribution in [3.8, 4) is 0 Å². The molecule has 2 nitrogen and oxygen atoms in total. The summed E-state index contributed by atoms with van der Waals surface area (Å²) in [6.07, 6.45) is 2.18. The first kappa shape index (κ1) is 12.9. The molecular formula is C15H27NO. The van der Waals surface area contributed by atoms with E-state index in [4.69, 9.17) is 0 Å². The predicted octanol–water partition coefficient (Wildman–Crippen LogP) is 3.22. The molecule has 2 aliphatic rings. The molecular weight excluding hydrogens is 210 g/mol. The van der Waals surface area contributed by atoms with Crippen molar-refractivity contribution < 1.29 is 4.79 Å². The summed E-state index contributed by atoms with van der Waals surface area (Å²) >= 11 is 0. The van der Waals surface area contributed by atoms with Crippen LogP contribution in [-0.4, -0.2) is 12.5 Å². The number of hydrogen-bond donors (Lipinski definition) is 1. The Morgan fingerprint density at radius 3 is 1.94 bits per heavy atom. The number of amides is 1. The lowest BCUT2D eigenvalue weighted by Crippen LogP contribution is -2.56. The maximum absolute atomic E-state index is 12.2. The van der Waals surface area contributed by atoms with Gasteiger partial charge in [0.05, 0.1) is 5.41 Å². The standard InChI is InChI=1S/C15H27NO/c1-13(2,3)10-9-16-12(17)15(7-8-15)11(10)14(4,5)6/h10-11H,7-9H2,1-6H3,(H,16,17). The molecule has 1 saturated heterocycles. The van der Waals surface area contributed by atoms with Crippen molar-refractivity contribution in [2.45, 2.75) is 54.4 Å². The van der Waals surface area contributed by atoms with Crippen molar-refractivity contribution in [3.05, 3.63) is 0 Å². The SMILES string of the molecule is CC(C)(C)C1CNC(=O)C2(CC2)C1C(C)(C)C. The maximum atomic E-state index is 12.2. The molecule has 1 heterocycles. The Balaban J connectivity index is 2.39. The highest BCUT2D eigenvalue weighted by Crippen LogP contribution is 2.63. The second-order valence-electron chi connectivity index (χ2n) is 8.18. The van der Waals surface area contributed by atoms with Crippen molar-refractivity contribution in [1.29, 1.82) is 0 Å². The Morgan fingerprint density at radius 1 is 1.06 bits per heavy atom. The van der Waals surface area contributed by atoms with Gasteiger partial charge in [0, 0.05) is 6.54 Å². The van der Waals surface area contributed by atoms with Crippen molar-refractivity contribution in [3.63, 3.8) is 0 Å². The van der Waals surface area contributed by atoms with E-state index < -0.39 is 0 Å². The first-order chi connectivity index (χ1) is 7.59. The number of rotatable bonds is 0. The summed E-state index contributed by atoms with van der Waals surface area (Å²) in [5.41, 5.74) is 0.446. The quantitative estimate of drug-likeness (QED) is 0.688. The summed E-state index contributed by atoms with van der Waals surface area (Å²) in [5, 5.41) is 3.15. The van der Waals surface area contributed by atoms with Crippen LogP contribution in [0.3, 0.4) is 0 Å². The van der Waals surface area contributed by atoms with Crippen molar-refractivity contribution in [2.24, 2.45) is 28.1 Å². The minimum Gasteiger partial charge on any atom is -0.355 e. The van der Waals surface area contributed by atoms with E-state index >= 15 is 0 Å². The zero-order chi connectivity index (χ0) is 13.1. The molecule has 1 N–H and O–H groups in total. The van der Waals surface area contributed by atoms with Gasteiger partial charge in [-0.25, -0.2) is 0 Å². The highest BCUT2D eigenvalue weighted by molar-refractivity contribution is 5.86. The number of carbonyl (C=O) groups is 1. The molecule has 0 aromatic rings. The fraction of sp³-hybridized carbons (Fsp3) is 0.933. The fourth-order valence-corrected chi connectivity index (χ4v) is 3.93. The van der Waals surface area contributed by atoms with Crippen LogP contribution in [0.4, 0.5) is 0 Å². The van der Waals surface area contributed by atoms with Gasteiger partial charge in [0.15, 0.2) is 0 Å².